The van der Waals surface area contributed by atoms with Gasteiger partial charge in [0.25, 0.3) is 0 Å². The van der Waals surface area contributed by atoms with Gasteiger partial charge < -0.3 is 0 Å². The monoisotopic (exact) mass is 258 g/mol. The fourth-order valence-electron chi connectivity index (χ4n) is 1.78. The first-order valence-corrected chi connectivity index (χ1v) is 6.01. The summed E-state index contributed by atoms with van der Waals surface area (Å²) in [6.07, 6.45) is -2.82. The number of ketones is 1. The Kier molecular flexibility index (Phi) is 4.93. The summed E-state index contributed by atoms with van der Waals surface area (Å²) in [4.78, 5) is 11.8. The van der Waals surface area contributed by atoms with Gasteiger partial charge >= 0.3 is 6.18 Å². The van der Waals surface area contributed by atoms with Crippen molar-refractivity contribution in [3.8, 4) is 0 Å². The zero-order chi connectivity index (χ0) is 13.8. The Morgan fingerprint density at radius 1 is 1.22 bits per heavy atom. The van der Waals surface area contributed by atoms with Gasteiger partial charge in [-0.25, -0.2) is 0 Å². The van der Waals surface area contributed by atoms with E-state index in [4.69, 9.17) is 0 Å². The normalized spacial score (nSPS) is 11.9. The van der Waals surface area contributed by atoms with Gasteiger partial charge in [0, 0.05) is 12.0 Å². The molecule has 0 saturated carbocycles. The molecular weight excluding hydrogens is 241 g/mol. The predicted molar refractivity (Wildman–Crippen MR) is 64.5 cm³/mol. The number of rotatable bonds is 5. The van der Waals surface area contributed by atoms with Crippen molar-refractivity contribution in [3.63, 3.8) is 0 Å². The molecule has 1 rings (SSSR count). The Bertz CT molecular complexity index is 408. The van der Waals surface area contributed by atoms with Gasteiger partial charge in [0.05, 0.1) is 5.56 Å². The third-order valence-corrected chi connectivity index (χ3v) is 2.72. The number of halogens is 3. The van der Waals surface area contributed by atoms with Crippen molar-refractivity contribution in [3.05, 3.63) is 35.4 Å². The van der Waals surface area contributed by atoms with E-state index in [9.17, 15) is 18.0 Å². The molecule has 0 aliphatic rings. The quantitative estimate of drug-likeness (QED) is 0.699. The average molecular weight is 258 g/mol. The largest absolute Gasteiger partial charge is 0.417 e. The molecular formula is C14H17F3O. The molecule has 0 radical (unpaired) electrons. The maximum Gasteiger partial charge on any atom is 0.417 e. The molecule has 0 atom stereocenters. The molecule has 0 fully saturated rings. The van der Waals surface area contributed by atoms with Crippen LogP contribution in [0.5, 0.6) is 0 Å². The standard InChI is InChI=1S/C14H17F3O/c1-10(2)6-5-9-13(18)11-7-3-4-8-12(11)14(15,16)17/h3-4,7-8,10H,5-6,9H2,1-2H3. The highest BCUT2D eigenvalue weighted by Gasteiger charge is 2.34. The van der Waals surface area contributed by atoms with Crippen LogP contribution in [0, 0.1) is 5.92 Å². The highest BCUT2D eigenvalue weighted by Crippen LogP contribution is 2.32. The maximum absolute atomic E-state index is 12.7. The first-order chi connectivity index (χ1) is 8.32. The van der Waals surface area contributed by atoms with E-state index in [1.807, 2.05) is 13.8 Å². The van der Waals surface area contributed by atoms with Crippen LogP contribution in [0.25, 0.3) is 0 Å². The zero-order valence-corrected chi connectivity index (χ0v) is 10.6. The molecule has 4 heteroatoms. The Morgan fingerprint density at radius 3 is 2.39 bits per heavy atom. The Morgan fingerprint density at radius 2 is 1.83 bits per heavy atom. The summed E-state index contributed by atoms with van der Waals surface area (Å²) in [6.45, 7) is 4.04. The highest BCUT2D eigenvalue weighted by molar-refractivity contribution is 5.97. The Hall–Kier alpha value is -1.32. The number of alkyl halides is 3. The molecule has 1 aromatic carbocycles. The number of hydrogen-bond donors (Lipinski definition) is 0. The molecule has 18 heavy (non-hydrogen) atoms. The fourth-order valence-corrected chi connectivity index (χ4v) is 1.78. The second-order valence-electron chi connectivity index (χ2n) is 4.75. The summed E-state index contributed by atoms with van der Waals surface area (Å²) in [5.41, 5.74) is -1.05. The van der Waals surface area contributed by atoms with E-state index in [0.29, 0.717) is 12.3 Å². The number of benzene rings is 1. The molecule has 0 spiro atoms. The molecule has 0 aliphatic carbocycles. The molecule has 0 amide bonds. The van der Waals surface area contributed by atoms with Crippen molar-refractivity contribution in [1.29, 1.82) is 0 Å². The van der Waals surface area contributed by atoms with Crippen LogP contribution in [0.3, 0.4) is 0 Å². The van der Waals surface area contributed by atoms with Crippen molar-refractivity contribution in [1.82, 2.24) is 0 Å². The third-order valence-electron chi connectivity index (χ3n) is 2.72. The van der Waals surface area contributed by atoms with Gasteiger partial charge in [-0.15, -0.1) is 0 Å². The number of Topliss-reactive ketones (excluding diaryl/α,β-unsaturated/α-hetero) is 1. The van der Waals surface area contributed by atoms with Gasteiger partial charge in [-0.1, -0.05) is 38.5 Å². The van der Waals surface area contributed by atoms with Gasteiger partial charge in [0.2, 0.25) is 0 Å². The third kappa shape index (κ3) is 4.17. The van der Waals surface area contributed by atoms with Gasteiger partial charge in [-0.2, -0.15) is 13.2 Å². The van der Waals surface area contributed by atoms with Crippen LogP contribution in [-0.4, -0.2) is 5.78 Å². The second kappa shape index (κ2) is 6.03. The van der Waals surface area contributed by atoms with Crippen LogP contribution in [0.15, 0.2) is 24.3 Å². The van der Waals surface area contributed by atoms with Gasteiger partial charge in [-0.05, 0) is 18.4 Å². The maximum atomic E-state index is 12.7. The molecule has 0 aromatic heterocycles. The minimum Gasteiger partial charge on any atom is -0.294 e. The Balaban J connectivity index is 2.80. The van der Waals surface area contributed by atoms with Crippen LogP contribution in [0.2, 0.25) is 0 Å². The molecule has 1 nitrogen and oxygen atoms in total. The second-order valence-corrected chi connectivity index (χ2v) is 4.75. The summed E-state index contributed by atoms with van der Waals surface area (Å²) in [6, 6.07) is 4.97. The van der Waals surface area contributed by atoms with Crippen LogP contribution < -0.4 is 0 Å². The summed E-state index contributed by atoms with van der Waals surface area (Å²) in [7, 11) is 0. The molecule has 0 bridgehead atoms. The topological polar surface area (TPSA) is 17.1 Å². The van der Waals surface area contributed by atoms with Crippen molar-refractivity contribution in [2.45, 2.75) is 39.3 Å². The zero-order valence-electron chi connectivity index (χ0n) is 10.6. The number of carbonyl (C=O) groups excluding carboxylic acids is 1. The van der Waals surface area contributed by atoms with E-state index in [0.717, 1.165) is 12.5 Å². The summed E-state index contributed by atoms with van der Waals surface area (Å²) in [5, 5.41) is 0. The molecule has 0 unspecified atom stereocenters. The van der Waals surface area contributed by atoms with E-state index in [2.05, 4.69) is 0 Å². The lowest BCUT2D eigenvalue weighted by Crippen LogP contribution is -2.13. The Labute approximate surface area is 105 Å². The molecule has 0 N–H and O–H groups in total. The minimum atomic E-state index is -4.47. The van der Waals surface area contributed by atoms with E-state index in [-0.39, 0.29) is 12.0 Å². The lowest BCUT2D eigenvalue weighted by Gasteiger charge is -2.12. The van der Waals surface area contributed by atoms with Crippen LogP contribution >= 0.6 is 0 Å². The highest BCUT2D eigenvalue weighted by atomic mass is 19.4. The number of hydrogen-bond acceptors (Lipinski definition) is 1. The smallest absolute Gasteiger partial charge is 0.294 e. The molecule has 0 heterocycles. The van der Waals surface area contributed by atoms with Crippen LogP contribution in [0.4, 0.5) is 13.2 Å². The van der Waals surface area contributed by atoms with Gasteiger partial charge in [0.1, 0.15) is 0 Å². The molecule has 0 saturated heterocycles. The lowest BCUT2D eigenvalue weighted by atomic mass is 9.98. The van der Waals surface area contributed by atoms with E-state index < -0.39 is 17.5 Å². The van der Waals surface area contributed by atoms with Crippen LogP contribution in [-0.2, 0) is 6.18 Å². The van der Waals surface area contributed by atoms with E-state index in [1.165, 1.54) is 18.2 Å². The van der Waals surface area contributed by atoms with Crippen molar-refractivity contribution >= 4 is 5.78 Å². The van der Waals surface area contributed by atoms with Gasteiger partial charge in [-0.3, -0.25) is 4.79 Å². The van der Waals surface area contributed by atoms with E-state index in [1.54, 1.807) is 0 Å². The minimum absolute atomic E-state index is 0.172. The van der Waals surface area contributed by atoms with Crippen LogP contribution in [0.1, 0.15) is 49.0 Å². The lowest BCUT2D eigenvalue weighted by molar-refractivity contribution is -0.137. The first-order valence-electron chi connectivity index (χ1n) is 6.01. The fraction of sp³-hybridized carbons (Fsp3) is 0.500. The summed E-state index contributed by atoms with van der Waals surface area (Å²) in [5.74, 6) is 0.0271. The predicted octanol–water partition coefficient (Wildman–Crippen LogP) is 4.71. The van der Waals surface area contributed by atoms with Crippen molar-refractivity contribution in [2.75, 3.05) is 0 Å². The molecule has 100 valence electrons. The SMILES string of the molecule is CC(C)CCCC(=O)c1ccccc1C(F)(F)F. The molecule has 0 aliphatic heterocycles. The number of carbonyl (C=O) groups is 1. The average Bonchev–Trinajstić information content (AvgIpc) is 2.27. The first kappa shape index (κ1) is 14.7. The summed E-state index contributed by atoms with van der Waals surface area (Å²) >= 11 is 0. The van der Waals surface area contributed by atoms with Gasteiger partial charge in [0.15, 0.2) is 5.78 Å². The summed E-state index contributed by atoms with van der Waals surface area (Å²) < 4.78 is 38.1. The molecule has 1 aromatic rings. The van der Waals surface area contributed by atoms with E-state index >= 15 is 0 Å². The van der Waals surface area contributed by atoms with Crippen molar-refractivity contribution in [2.24, 2.45) is 5.92 Å². The van der Waals surface area contributed by atoms with Crippen molar-refractivity contribution < 1.29 is 18.0 Å².